The van der Waals surface area contributed by atoms with Gasteiger partial charge < -0.3 is 11.0 Å². The molecule has 0 radical (unpaired) electrons. The molecule has 0 aliphatic rings. The number of nitrogens with zero attached hydrogens (tertiary/aromatic N) is 2. The normalized spacial score (nSPS) is 11.5. The second kappa shape index (κ2) is 11.3. The van der Waals surface area contributed by atoms with E-state index in [4.69, 9.17) is 0 Å². The average Bonchev–Trinajstić information content (AvgIpc) is 2.57. The lowest BCUT2D eigenvalue weighted by atomic mass is 9.88. The van der Waals surface area contributed by atoms with Crippen molar-refractivity contribution in [1.82, 2.24) is 0 Å². The van der Waals surface area contributed by atoms with Crippen LogP contribution in [0.15, 0.2) is 49.1 Å². The van der Waals surface area contributed by atoms with Crippen LogP contribution in [0.3, 0.4) is 0 Å². The Morgan fingerprint density at radius 3 is 1.07 bits per heavy atom. The molecule has 0 saturated heterocycles. The smallest absolute Gasteiger partial charge is 0.169 e. The van der Waals surface area contributed by atoms with Gasteiger partial charge in [-0.05, 0) is 34.8 Å². The lowest BCUT2D eigenvalue weighted by Crippen LogP contribution is -2.34. The number of pyridine rings is 2. The SMILES string of the molecule is CC(C)(C)c1cc[n+](CCCCCC[n+]2ccc(C(C)(C)C)cc2)cc1.[OH-].[OH-]. The topological polar surface area (TPSA) is 67.8 Å². The third-order valence-corrected chi connectivity index (χ3v) is 5.10. The van der Waals surface area contributed by atoms with Gasteiger partial charge in [-0.3, -0.25) is 0 Å². The molecule has 2 aromatic heterocycles. The highest BCUT2D eigenvalue weighted by molar-refractivity contribution is 5.18. The van der Waals surface area contributed by atoms with Crippen LogP contribution >= 0.6 is 0 Å². The molecule has 0 spiro atoms. The van der Waals surface area contributed by atoms with Crippen LogP contribution in [0, 0.1) is 0 Å². The maximum atomic E-state index is 2.31. The van der Waals surface area contributed by atoms with Gasteiger partial charge in [-0.15, -0.1) is 0 Å². The van der Waals surface area contributed by atoms with Crippen LogP contribution in [0.5, 0.6) is 0 Å². The van der Waals surface area contributed by atoms with E-state index in [1.807, 2.05) is 0 Å². The highest BCUT2D eigenvalue weighted by Crippen LogP contribution is 2.21. The van der Waals surface area contributed by atoms with E-state index in [9.17, 15) is 0 Å². The van der Waals surface area contributed by atoms with Crippen molar-refractivity contribution in [3.8, 4) is 0 Å². The summed E-state index contributed by atoms with van der Waals surface area (Å²) in [4.78, 5) is 0. The molecule has 2 aromatic rings. The number of hydrogen-bond donors (Lipinski definition) is 0. The van der Waals surface area contributed by atoms with Crippen LogP contribution in [0.1, 0.15) is 78.4 Å². The molecule has 4 nitrogen and oxygen atoms in total. The molecule has 28 heavy (non-hydrogen) atoms. The Bertz CT molecular complexity index is 604. The number of unbranched alkanes of at least 4 members (excludes halogenated alkanes) is 3. The summed E-state index contributed by atoms with van der Waals surface area (Å²) in [5.74, 6) is 0. The fraction of sp³-hybridized carbons (Fsp3) is 0.583. The van der Waals surface area contributed by atoms with Gasteiger partial charge in [0.1, 0.15) is 13.1 Å². The average molecular weight is 389 g/mol. The largest absolute Gasteiger partial charge is 0.870 e. The third-order valence-electron chi connectivity index (χ3n) is 5.10. The summed E-state index contributed by atoms with van der Waals surface area (Å²) in [6.45, 7) is 15.8. The molecular weight excluding hydrogens is 348 g/mol. The van der Waals surface area contributed by atoms with Crippen molar-refractivity contribution in [2.24, 2.45) is 0 Å². The molecule has 0 aromatic carbocycles. The lowest BCUT2D eigenvalue weighted by Gasteiger charge is -2.17. The summed E-state index contributed by atoms with van der Waals surface area (Å²) in [6.07, 6.45) is 14.0. The van der Waals surface area contributed by atoms with Gasteiger partial charge >= 0.3 is 0 Å². The molecule has 2 rings (SSSR count). The summed E-state index contributed by atoms with van der Waals surface area (Å²) in [5.41, 5.74) is 3.29. The van der Waals surface area contributed by atoms with E-state index in [0.29, 0.717) is 0 Å². The van der Waals surface area contributed by atoms with Gasteiger partial charge in [0.2, 0.25) is 0 Å². The Morgan fingerprint density at radius 1 is 0.536 bits per heavy atom. The summed E-state index contributed by atoms with van der Waals surface area (Å²) < 4.78 is 4.63. The molecule has 158 valence electrons. The fourth-order valence-corrected chi connectivity index (χ4v) is 3.16. The van der Waals surface area contributed by atoms with Gasteiger partial charge in [-0.25, -0.2) is 9.13 Å². The first-order valence-electron chi connectivity index (χ1n) is 10.2. The Balaban J connectivity index is 0.00000364. The Labute approximate surface area is 171 Å². The van der Waals surface area contributed by atoms with Crippen molar-refractivity contribution in [2.75, 3.05) is 0 Å². The Kier molecular flexibility index (Phi) is 10.6. The van der Waals surface area contributed by atoms with Crippen molar-refractivity contribution in [2.45, 2.75) is 91.1 Å². The molecule has 0 saturated carbocycles. The van der Waals surface area contributed by atoms with E-state index in [0.717, 1.165) is 13.1 Å². The van der Waals surface area contributed by atoms with Gasteiger partial charge in [-0.1, -0.05) is 41.5 Å². The van der Waals surface area contributed by atoms with Gasteiger partial charge in [0, 0.05) is 37.1 Å². The number of aryl methyl sites for hydroxylation is 2. The van der Waals surface area contributed by atoms with Crippen molar-refractivity contribution >= 4 is 0 Å². The van der Waals surface area contributed by atoms with Crippen LogP contribution in [0.4, 0.5) is 0 Å². The summed E-state index contributed by atoms with van der Waals surface area (Å²) in [5, 5.41) is 0. The van der Waals surface area contributed by atoms with Crippen molar-refractivity contribution in [3.05, 3.63) is 60.2 Å². The number of rotatable bonds is 7. The predicted molar refractivity (Wildman–Crippen MR) is 113 cm³/mol. The zero-order valence-corrected chi connectivity index (χ0v) is 18.7. The zero-order chi connectivity index (χ0) is 19.2. The molecule has 2 heterocycles. The monoisotopic (exact) mass is 388 g/mol. The van der Waals surface area contributed by atoms with Crippen LogP contribution in [0.25, 0.3) is 0 Å². The van der Waals surface area contributed by atoms with Crippen molar-refractivity contribution in [1.29, 1.82) is 0 Å². The van der Waals surface area contributed by atoms with E-state index in [1.165, 1.54) is 36.8 Å². The summed E-state index contributed by atoms with van der Waals surface area (Å²) >= 11 is 0. The van der Waals surface area contributed by atoms with Crippen LogP contribution in [-0.4, -0.2) is 11.0 Å². The predicted octanol–water partition coefficient (Wildman–Crippen LogP) is 4.76. The molecule has 0 aliphatic carbocycles. The molecule has 0 unspecified atom stereocenters. The maximum absolute atomic E-state index is 2.31. The fourth-order valence-electron chi connectivity index (χ4n) is 3.16. The van der Waals surface area contributed by atoms with Crippen LogP contribution < -0.4 is 9.13 Å². The van der Waals surface area contributed by atoms with E-state index in [-0.39, 0.29) is 21.8 Å². The van der Waals surface area contributed by atoms with Gasteiger partial charge in [0.05, 0.1) is 0 Å². The minimum atomic E-state index is 0. The second-order valence-electron chi connectivity index (χ2n) is 9.56. The maximum Gasteiger partial charge on any atom is 0.169 e. The van der Waals surface area contributed by atoms with Gasteiger partial charge in [0.25, 0.3) is 0 Å². The molecular formula is C24H40N2O2. The zero-order valence-electron chi connectivity index (χ0n) is 18.7. The Morgan fingerprint density at radius 2 is 0.821 bits per heavy atom. The molecule has 0 bridgehead atoms. The highest BCUT2D eigenvalue weighted by Gasteiger charge is 2.15. The van der Waals surface area contributed by atoms with E-state index in [2.05, 4.69) is 99.7 Å². The number of aromatic nitrogens is 2. The van der Waals surface area contributed by atoms with Crippen LogP contribution in [-0.2, 0) is 23.9 Å². The minimum absolute atomic E-state index is 0. The standard InChI is InChI=1S/C24H38N2.2H2O/c1-23(2,3)21-11-17-25(18-12-21)15-9-7-8-10-16-26-19-13-22(14-20-26)24(4,5)6;;/h11-14,17-20H,7-10,15-16H2,1-6H3;2*1H2/q+2;;/p-2. The first-order chi connectivity index (χ1) is 12.2. The van der Waals surface area contributed by atoms with E-state index >= 15 is 0 Å². The number of hydrogen-bond acceptors (Lipinski definition) is 2. The lowest BCUT2D eigenvalue weighted by molar-refractivity contribution is -0.699. The van der Waals surface area contributed by atoms with Gasteiger partial charge in [0.15, 0.2) is 24.8 Å². The van der Waals surface area contributed by atoms with Crippen molar-refractivity contribution < 1.29 is 20.1 Å². The second-order valence-corrected chi connectivity index (χ2v) is 9.56. The van der Waals surface area contributed by atoms with Gasteiger partial charge in [-0.2, -0.15) is 0 Å². The summed E-state index contributed by atoms with van der Waals surface area (Å²) in [7, 11) is 0. The highest BCUT2D eigenvalue weighted by atomic mass is 16.0. The molecule has 0 amide bonds. The van der Waals surface area contributed by atoms with E-state index in [1.54, 1.807) is 0 Å². The third kappa shape index (κ3) is 8.49. The molecule has 4 heteroatoms. The minimum Gasteiger partial charge on any atom is -0.870 e. The molecule has 0 aliphatic heterocycles. The molecule has 0 atom stereocenters. The Hall–Kier alpha value is -1.78. The summed E-state index contributed by atoms with van der Waals surface area (Å²) in [6, 6.07) is 9.05. The quantitative estimate of drug-likeness (QED) is 0.507. The van der Waals surface area contributed by atoms with E-state index < -0.39 is 0 Å². The molecule has 2 N–H and O–H groups in total. The van der Waals surface area contributed by atoms with Crippen LogP contribution in [0.2, 0.25) is 0 Å². The first-order valence-corrected chi connectivity index (χ1v) is 10.2. The first kappa shape index (κ1) is 26.2. The van der Waals surface area contributed by atoms with Crippen molar-refractivity contribution in [3.63, 3.8) is 0 Å². The molecule has 0 fully saturated rings.